The van der Waals surface area contributed by atoms with Crippen LogP contribution in [0.15, 0.2) is 48.5 Å². The summed E-state index contributed by atoms with van der Waals surface area (Å²) in [7, 11) is 0. The zero-order valence-corrected chi connectivity index (χ0v) is 11.1. The molecule has 0 aliphatic rings. The van der Waals surface area contributed by atoms with E-state index < -0.39 is 11.9 Å². The first-order valence-corrected chi connectivity index (χ1v) is 6.28. The molecular weight excluding hydrogens is 256 g/mol. The van der Waals surface area contributed by atoms with Crippen molar-refractivity contribution in [3.8, 4) is 11.5 Å². The SMILES string of the molecule is Cc1ccccc1OCC(C(=O)O)c1ccc(O)cc1. The highest BCUT2D eigenvalue weighted by Gasteiger charge is 2.21. The Hall–Kier alpha value is -2.49. The van der Waals surface area contributed by atoms with Gasteiger partial charge in [0, 0.05) is 0 Å². The fourth-order valence-electron chi connectivity index (χ4n) is 1.91. The lowest BCUT2D eigenvalue weighted by atomic mass is 10.00. The van der Waals surface area contributed by atoms with Crippen LogP contribution in [0, 0.1) is 6.92 Å². The van der Waals surface area contributed by atoms with E-state index >= 15 is 0 Å². The maximum absolute atomic E-state index is 11.3. The minimum atomic E-state index is -0.954. The Balaban J connectivity index is 2.13. The summed E-state index contributed by atoms with van der Waals surface area (Å²) in [5.41, 5.74) is 1.56. The molecule has 4 heteroatoms. The molecule has 0 saturated carbocycles. The number of para-hydroxylation sites is 1. The van der Waals surface area contributed by atoms with Crippen LogP contribution >= 0.6 is 0 Å². The molecule has 1 atom stereocenters. The highest BCUT2D eigenvalue weighted by Crippen LogP contribution is 2.22. The van der Waals surface area contributed by atoms with Crippen LogP contribution in [0.25, 0.3) is 0 Å². The predicted octanol–water partition coefficient (Wildman–Crippen LogP) is 2.95. The molecule has 2 rings (SSSR count). The van der Waals surface area contributed by atoms with Gasteiger partial charge in [0.05, 0.1) is 0 Å². The second-order valence-corrected chi connectivity index (χ2v) is 4.56. The van der Waals surface area contributed by atoms with E-state index in [9.17, 15) is 15.0 Å². The van der Waals surface area contributed by atoms with Crippen molar-refractivity contribution in [3.63, 3.8) is 0 Å². The molecule has 2 N–H and O–H groups in total. The summed E-state index contributed by atoms with van der Waals surface area (Å²) in [5.74, 6) is -0.935. The van der Waals surface area contributed by atoms with Gasteiger partial charge in [-0.2, -0.15) is 0 Å². The van der Waals surface area contributed by atoms with Crippen molar-refractivity contribution in [2.24, 2.45) is 0 Å². The van der Waals surface area contributed by atoms with Crippen molar-refractivity contribution in [3.05, 3.63) is 59.7 Å². The second-order valence-electron chi connectivity index (χ2n) is 4.56. The van der Waals surface area contributed by atoms with Crippen LogP contribution in [0.1, 0.15) is 17.0 Å². The number of benzene rings is 2. The van der Waals surface area contributed by atoms with Crippen LogP contribution in [-0.4, -0.2) is 22.8 Å². The molecule has 0 bridgehead atoms. The summed E-state index contributed by atoms with van der Waals surface area (Å²) in [4.78, 5) is 11.3. The number of aromatic hydroxyl groups is 1. The van der Waals surface area contributed by atoms with E-state index in [-0.39, 0.29) is 12.4 Å². The summed E-state index contributed by atoms with van der Waals surface area (Å²) in [6.45, 7) is 1.95. The number of carboxylic acid groups (broad SMARTS) is 1. The van der Waals surface area contributed by atoms with Crippen molar-refractivity contribution in [2.45, 2.75) is 12.8 Å². The average Bonchev–Trinajstić information content (AvgIpc) is 2.42. The highest BCUT2D eigenvalue weighted by atomic mass is 16.5. The van der Waals surface area contributed by atoms with Gasteiger partial charge < -0.3 is 14.9 Å². The standard InChI is InChI=1S/C16H16O4/c1-11-4-2-3-5-15(11)20-10-14(16(18)19)12-6-8-13(17)9-7-12/h2-9,14,17H,10H2,1H3,(H,18,19). The zero-order chi connectivity index (χ0) is 14.5. The third kappa shape index (κ3) is 3.29. The Labute approximate surface area is 117 Å². The van der Waals surface area contributed by atoms with Crippen LogP contribution in [-0.2, 0) is 4.79 Å². The molecule has 2 aromatic carbocycles. The summed E-state index contributed by atoms with van der Waals surface area (Å²) in [5, 5.41) is 18.5. The van der Waals surface area contributed by atoms with Gasteiger partial charge in [0.25, 0.3) is 0 Å². The molecule has 0 heterocycles. The molecule has 4 nitrogen and oxygen atoms in total. The first-order valence-electron chi connectivity index (χ1n) is 6.28. The number of aryl methyl sites for hydroxylation is 1. The number of carbonyl (C=O) groups is 1. The van der Waals surface area contributed by atoms with Gasteiger partial charge in [-0.15, -0.1) is 0 Å². The molecule has 2 aromatic rings. The number of phenols is 1. The van der Waals surface area contributed by atoms with Crippen LogP contribution < -0.4 is 4.74 Å². The number of hydrogen-bond acceptors (Lipinski definition) is 3. The molecule has 0 aliphatic heterocycles. The van der Waals surface area contributed by atoms with Crippen molar-refractivity contribution in [1.82, 2.24) is 0 Å². The fourth-order valence-corrected chi connectivity index (χ4v) is 1.91. The molecule has 0 amide bonds. The predicted molar refractivity (Wildman–Crippen MR) is 75.2 cm³/mol. The third-order valence-corrected chi connectivity index (χ3v) is 3.09. The normalized spacial score (nSPS) is 11.8. The molecule has 1 unspecified atom stereocenters. The van der Waals surface area contributed by atoms with Gasteiger partial charge >= 0.3 is 5.97 Å². The molecule has 0 aromatic heterocycles. The molecule has 0 spiro atoms. The van der Waals surface area contributed by atoms with Crippen LogP contribution in [0.5, 0.6) is 11.5 Å². The molecular formula is C16H16O4. The minimum Gasteiger partial charge on any atom is -0.508 e. The number of ether oxygens (including phenoxy) is 1. The lowest BCUT2D eigenvalue weighted by Gasteiger charge is -2.15. The maximum atomic E-state index is 11.3. The molecule has 0 aliphatic carbocycles. The van der Waals surface area contributed by atoms with E-state index in [1.807, 2.05) is 31.2 Å². The zero-order valence-electron chi connectivity index (χ0n) is 11.1. The number of phenolic OH excluding ortho intramolecular Hbond substituents is 1. The Morgan fingerprint density at radius 2 is 1.80 bits per heavy atom. The van der Waals surface area contributed by atoms with E-state index in [0.717, 1.165) is 5.56 Å². The molecule has 0 fully saturated rings. The van der Waals surface area contributed by atoms with E-state index in [4.69, 9.17) is 4.74 Å². The number of hydrogen-bond donors (Lipinski definition) is 2. The largest absolute Gasteiger partial charge is 0.508 e. The fraction of sp³-hybridized carbons (Fsp3) is 0.188. The molecule has 0 radical (unpaired) electrons. The molecule has 104 valence electrons. The number of carboxylic acids is 1. The second kappa shape index (κ2) is 6.10. The lowest BCUT2D eigenvalue weighted by Crippen LogP contribution is -2.19. The Kier molecular flexibility index (Phi) is 4.25. The van der Waals surface area contributed by atoms with E-state index in [2.05, 4.69) is 0 Å². The van der Waals surface area contributed by atoms with E-state index in [1.165, 1.54) is 12.1 Å². The van der Waals surface area contributed by atoms with E-state index in [0.29, 0.717) is 11.3 Å². The first-order chi connectivity index (χ1) is 9.58. The molecule has 0 saturated heterocycles. The highest BCUT2D eigenvalue weighted by molar-refractivity contribution is 5.76. The van der Waals surface area contributed by atoms with Gasteiger partial charge in [-0.1, -0.05) is 30.3 Å². The van der Waals surface area contributed by atoms with Crippen molar-refractivity contribution in [1.29, 1.82) is 0 Å². The topological polar surface area (TPSA) is 66.8 Å². The van der Waals surface area contributed by atoms with Gasteiger partial charge in [-0.3, -0.25) is 4.79 Å². The van der Waals surface area contributed by atoms with Gasteiger partial charge in [-0.25, -0.2) is 0 Å². The van der Waals surface area contributed by atoms with Gasteiger partial charge in [0.15, 0.2) is 0 Å². The molecule has 20 heavy (non-hydrogen) atoms. The Morgan fingerprint density at radius 1 is 1.15 bits per heavy atom. The average molecular weight is 272 g/mol. The Bertz CT molecular complexity index is 590. The quantitative estimate of drug-likeness (QED) is 0.878. The summed E-state index contributed by atoms with van der Waals surface area (Å²) in [6, 6.07) is 13.6. The van der Waals surface area contributed by atoms with E-state index in [1.54, 1.807) is 12.1 Å². The Morgan fingerprint density at radius 3 is 2.40 bits per heavy atom. The minimum absolute atomic E-state index is 0.0466. The third-order valence-electron chi connectivity index (χ3n) is 3.09. The number of rotatable bonds is 5. The van der Waals surface area contributed by atoms with Crippen LogP contribution in [0.4, 0.5) is 0 Å². The monoisotopic (exact) mass is 272 g/mol. The lowest BCUT2D eigenvalue weighted by molar-refractivity contribution is -0.139. The smallest absolute Gasteiger partial charge is 0.314 e. The van der Waals surface area contributed by atoms with Crippen molar-refractivity contribution in [2.75, 3.05) is 6.61 Å². The van der Waals surface area contributed by atoms with Gasteiger partial charge in [0.2, 0.25) is 0 Å². The summed E-state index contributed by atoms with van der Waals surface area (Å²) < 4.78 is 5.60. The van der Waals surface area contributed by atoms with Crippen molar-refractivity contribution >= 4 is 5.97 Å². The summed E-state index contributed by atoms with van der Waals surface area (Å²) in [6.07, 6.45) is 0. The maximum Gasteiger partial charge on any atom is 0.314 e. The van der Waals surface area contributed by atoms with Gasteiger partial charge in [-0.05, 0) is 36.2 Å². The summed E-state index contributed by atoms with van der Waals surface area (Å²) >= 11 is 0. The van der Waals surface area contributed by atoms with Crippen LogP contribution in [0.2, 0.25) is 0 Å². The first kappa shape index (κ1) is 13.9. The number of aliphatic carboxylic acids is 1. The van der Waals surface area contributed by atoms with Gasteiger partial charge in [0.1, 0.15) is 24.0 Å². The van der Waals surface area contributed by atoms with Crippen molar-refractivity contribution < 1.29 is 19.7 Å². The van der Waals surface area contributed by atoms with Crippen LogP contribution in [0.3, 0.4) is 0 Å².